The summed E-state index contributed by atoms with van der Waals surface area (Å²) < 4.78 is 3.42. The van der Waals surface area contributed by atoms with Crippen LogP contribution in [0.4, 0.5) is 0 Å². The van der Waals surface area contributed by atoms with Gasteiger partial charge in [0.1, 0.15) is 17.0 Å². The van der Waals surface area contributed by atoms with E-state index in [2.05, 4.69) is 43.0 Å². The fourth-order valence-electron chi connectivity index (χ4n) is 3.17. The topological polar surface area (TPSA) is 68.7 Å². The quantitative estimate of drug-likeness (QED) is 0.513. The SMILES string of the molecule is CC(C)(C)c1ccc2nc(CCC(=O)c3cc(=O)n4ccccc4n3)cn2c1. The Bertz CT molecular complexity index is 1240. The van der Waals surface area contributed by atoms with Crippen molar-refractivity contribution in [2.75, 3.05) is 0 Å². The Morgan fingerprint density at radius 1 is 1.04 bits per heavy atom. The summed E-state index contributed by atoms with van der Waals surface area (Å²) in [5, 5.41) is 0. The zero-order chi connectivity index (χ0) is 19.9. The number of nitrogens with zero attached hydrogens (tertiary/aromatic N) is 4. The van der Waals surface area contributed by atoms with E-state index in [0.29, 0.717) is 12.1 Å². The number of carbonyl (C=O) groups is 1. The van der Waals surface area contributed by atoms with Crippen LogP contribution < -0.4 is 5.56 Å². The second-order valence-corrected chi connectivity index (χ2v) is 8.00. The second-order valence-electron chi connectivity index (χ2n) is 8.00. The van der Waals surface area contributed by atoms with Gasteiger partial charge in [0.25, 0.3) is 5.56 Å². The predicted octanol–water partition coefficient (Wildman–Crippen LogP) is 3.46. The molecule has 142 valence electrons. The summed E-state index contributed by atoms with van der Waals surface area (Å²) in [5.74, 6) is -0.157. The normalized spacial score (nSPS) is 12.0. The van der Waals surface area contributed by atoms with Gasteiger partial charge in [0.05, 0.1) is 5.69 Å². The summed E-state index contributed by atoms with van der Waals surface area (Å²) in [4.78, 5) is 33.6. The fourth-order valence-corrected chi connectivity index (χ4v) is 3.17. The summed E-state index contributed by atoms with van der Waals surface area (Å²) in [6, 6.07) is 10.6. The van der Waals surface area contributed by atoms with Crippen LogP contribution in [-0.2, 0) is 11.8 Å². The second kappa shape index (κ2) is 6.71. The van der Waals surface area contributed by atoms with Gasteiger partial charge in [-0.3, -0.25) is 14.0 Å². The molecule has 0 spiro atoms. The minimum atomic E-state index is -0.253. The number of hydrogen-bond acceptors (Lipinski definition) is 4. The number of imidazole rings is 1. The Morgan fingerprint density at radius 2 is 1.86 bits per heavy atom. The summed E-state index contributed by atoms with van der Waals surface area (Å²) in [7, 11) is 0. The molecule has 0 amide bonds. The molecule has 4 heterocycles. The third-order valence-corrected chi connectivity index (χ3v) is 4.83. The molecule has 0 aliphatic heterocycles. The molecule has 0 atom stereocenters. The number of pyridine rings is 2. The maximum Gasteiger partial charge on any atom is 0.258 e. The van der Waals surface area contributed by atoms with Crippen LogP contribution in [0.25, 0.3) is 11.3 Å². The highest BCUT2D eigenvalue weighted by molar-refractivity contribution is 5.94. The van der Waals surface area contributed by atoms with Gasteiger partial charge in [-0.05, 0) is 35.6 Å². The molecule has 0 aromatic carbocycles. The Balaban J connectivity index is 1.54. The number of carbonyl (C=O) groups excluding carboxylic acids is 1. The lowest BCUT2D eigenvalue weighted by Crippen LogP contribution is -2.17. The van der Waals surface area contributed by atoms with Crippen molar-refractivity contribution in [2.24, 2.45) is 0 Å². The fraction of sp³-hybridized carbons (Fsp3) is 0.273. The van der Waals surface area contributed by atoms with E-state index in [1.165, 1.54) is 16.0 Å². The van der Waals surface area contributed by atoms with Crippen LogP contribution in [0.1, 0.15) is 48.9 Å². The third kappa shape index (κ3) is 3.45. The number of Topliss-reactive ketones (excluding diaryl/α,β-unsaturated/α-hetero) is 1. The maximum atomic E-state index is 12.6. The van der Waals surface area contributed by atoms with E-state index in [1.807, 2.05) is 16.7 Å². The lowest BCUT2D eigenvalue weighted by Gasteiger charge is -2.18. The Kier molecular flexibility index (Phi) is 4.34. The lowest BCUT2D eigenvalue weighted by molar-refractivity contribution is 0.0977. The van der Waals surface area contributed by atoms with Crippen LogP contribution in [0.5, 0.6) is 0 Å². The van der Waals surface area contributed by atoms with Crippen molar-refractivity contribution in [3.05, 3.63) is 82.3 Å². The molecule has 0 saturated heterocycles. The maximum absolute atomic E-state index is 12.6. The van der Waals surface area contributed by atoms with Gasteiger partial charge in [0.15, 0.2) is 5.78 Å². The van der Waals surface area contributed by atoms with Gasteiger partial charge >= 0.3 is 0 Å². The molecule has 28 heavy (non-hydrogen) atoms. The van der Waals surface area contributed by atoms with Crippen LogP contribution in [0.3, 0.4) is 0 Å². The average Bonchev–Trinajstić information content (AvgIpc) is 3.07. The molecule has 0 fully saturated rings. The van der Waals surface area contributed by atoms with Crippen LogP contribution in [0, 0.1) is 0 Å². The molecule has 0 aliphatic carbocycles. The number of fused-ring (bicyclic) bond motifs is 2. The molecule has 0 radical (unpaired) electrons. The first-order valence-electron chi connectivity index (χ1n) is 9.31. The highest BCUT2D eigenvalue weighted by atomic mass is 16.1. The van der Waals surface area contributed by atoms with Gasteiger partial charge in [0, 0.05) is 31.1 Å². The average molecular weight is 374 g/mol. The molecule has 0 unspecified atom stereocenters. The van der Waals surface area contributed by atoms with Crippen molar-refractivity contribution in [2.45, 2.75) is 39.0 Å². The van der Waals surface area contributed by atoms with Crippen LogP contribution in [-0.4, -0.2) is 24.6 Å². The number of hydrogen-bond donors (Lipinski definition) is 0. The summed E-state index contributed by atoms with van der Waals surface area (Å²) in [6.45, 7) is 6.51. The van der Waals surface area contributed by atoms with Gasteiger partial charge in [-0.1, -0.05) is 32.9 Å². The summed E-state index contributed by atoms with van der Waals surface area (Å²) in [6.07, 6.45) is 6.44. The van der Waals surface area contributed by atoms with E-state index < -0.39 is 0 Å². The largest absolute Gasteiger partial charge is 0.307 e. The molecule has 6 nitrogen and oxygen atoms in total. The van der Waals surface area contributed by atoms with Crippen molar-refractivity contribution in [3.63, 3.8) is 0 Å². The van der Waals surface area contributed by atoms with Crippen LogP contribution in [0.2, 0.25) is 0 Å². The first kappa shape index (κ1) is 18.1. The van der Waals surface area contributed by atoms with Crippen molar-refractivity contribution in [1.29, 1.82) is 0 Å². The molecule has 0 aliphatic rings. The van der Waals surface area contributed by atoms with Gasteiger partial charge in [0.2, 0.25) is 0 Å². The van der Waals surface area contributed by atoms with Crippen molar-refractivity contribution < 1.29 is 4.79 Å². The first-order valence-corrected chi connectivity index (χ1v) is 9.31. The van der Waals surface area contributed by atoms with E-state index in [1.54, 1.807) is 24.4 Å². The molecule has 0 bridgehead atoms. The summed E-state index contributed by atoms with van der Waals surface area (Å²) in [5.41, 5.74) is 3.41. The van der Waals surface area contributed by atoms with Gasteiger partial charge in [-0.2, -0.15) is 0 Å². The zero-order valence-corrected chi connectivity index (χ0v) is 16.2. The van der Waals surface area contributed by atoms with E-state index in [9.17, 15) is 9.59 Å². The van der Waals surface area contributed by atoms with Crippen LogP contribution in [0.15, 0.2) is 59.8 Å². The highest BCUT2D eigenvalue weighted by Crippen LogP contribution is 2.22. The summed E-state index contributed by atoms with van der Waals surface area (Å²) >= 11 is 0. The van der Waals surface area contributed by atoms with Crippen molar-refractivity contribution >= 4 is 17.1 Å². The van der Waals surface area contributed by atoms with Gasteiger partial charge < -0.3 is 4.40 Å². The molecule has 0 N–H and O–H groups in total. The molecule has 6 heteroatoms. The number of ketones is 1. The molecule has 0 saturated carbocycles. The number of rotatable bonds is 4. The zero-order valence-electron chi connectivity index (χ0n) is 16.2. The monoisotopic (exact) mass is 374 g/mol. The first-order chi connectivity index (χ1) is 13.3. The van der Waals surface area contributed by atoms with Gasteiger partial charge in [-0.15, -0.1) is 0 Å². The minimum Gasteiger partial charge on any atom is -0.307 e. The van der Waals surface area contributed by atoms with Crippen molar-refractivity contribution in [1.82, 2.24) is 18.8 Å². The lowest BCUT2D eigenvalue weighted by atomic mass is 9.88. The Morgan fingerprint density at radius 3 is 2.64 bits per heavy atom. The van der Waals surface area contributed by atoms with Crippen molar-refractivity contribution in [3.8, 4) is 0 Å². The van der Waals surface area contributed by atoms with E-state index >= 15 is 0 Å². The molecule has 4 aromatic rings. The molecule has 4 aromatic heterocycles. The van der Waals surface area contributed by atoms with Gasteiger partial charge in [-0.25, -0.2) is 9.97 Å². The third-order valence-electron chi connectivity index (χ3n) is 4.83. The minimum absolute atomic E-state index is 0.0599. The smallest absolute Gasteiger partial charge is 0.258 e. The standard InChI is InChI=1S/C22H22N4O2/c1-22(2,3)15-7-10-19-23-16(14-25(19)13-15)8-9-18(27)17-12-21(28)26-11-5-4-6-20(26)24-17/h4-7,10-14H,8-9H2,1-3H3. The van der Waals surface area contributed by atoms with E-state index in [0.717, 1.165) is 11.3 Å². The molecular formula is C22H22N4O2. The Labute approximate surface area is 162 Å². The van der Waals surface area contributed by atoms with E-state index in [4.69, 9.17) is 0 Å². The van der Waals surface area contributed by atoms with Crippen LogP contribution >= 0.6 is 0 Å². The number of aryl methyl sites for hydroxylation is 1. The van der Waals surface area contributed by atoms with E-state index in [-0.39, 0.29) is 28.9 Å². The predicted molar refractivity (Wildman–Crippen MR) is 108 cm³/mol. The number of aromatic nitrogens is 4. The molecule has 4 rings (SSSR count). The Hall–Kier alpha value is -3.28. The molecular weight excluding hydrogens is 352 g/mol. The highest BCUT2D eigenvalue weighted by Gasteiger charge is 2.15.